The quantitative estimate of drug-likeness (QED) is 0.527. The molecule has 0 fully saturated rings. The molecular weight excluding hydrogens is 415 g/mol. The molecular formula is C22H22F3NO5. The maximum atomic E-state index is 12.7. The minimum Gasteiger partial charge on any atom is -0.460 e. The number of benzene rings is 2. The summed E-state index contributed by atoms with van der Waals surface area (Å²) in [7, 11) is 1.60. The molecule has 1 unspecified atom stereocenters. The number of hydrogen-bond acceptors (Lipinski definition) is 6. The van der Waals surface area contributed by atoms with Crippen molar-refractivity contribution in [1.82, 2.24) is 5.32 Å². The van der Waals surface area contributed by atoms with Gasteiger partial charge < -0.3 is 14.8 Å². The summed E-state index contributed by atoms with van der Waals surface area (Å²) in [5, 5.41) is 2.92. The van der Waals surface area contributed by atoms with E-state index in [0.717, 1.165) is 5.56 Å². The van der Waals surface area contributed by atoms with E-state index in [1.54, 1.807) is 20.9 Å². The fourth-order valence-corrected chi connectivity index (χ4v) is 2.99. The summed E-state index contributed by atoms with van der Waals surface area (Å²) in [5.74, 6) is -4.49. The minimum atomic E-state index is -5.27. The predicted molar refractivity (Wildman–Crippen MR) is 105 cm³/mol. The molecule has 0 aliphatic heterocycles. The van der Waals surface area contributed by atoms with Gasteiger partial charge in [-0.25, -0.2) is 9.59 Å². The number of alkyl halides is 3. The molecule has 0 amide bonds. The van der Waals surface area contributed by atoms with E-state index in [0.29, 0.717) is 5.56 Å². The van der Waals surface area contributed by atoms with E-state index in [-0.39, 0.29) is 12.2 Å². The van der Waals surface area contributed by atoms with E-state index in [9.17, 15) is 27.6 Å². The van der Waals surface area contributed by atoms with Crippen LogP contribution in [0.25, 0.3) is 0 Å². The summed E-state index contributed by atoms with van der Waals surface area (Å²) < 4.78 is 46.0. The maximum Gasteiger partial charge on any atom is 0.491 e. The third-order valence-corrected chi connectivity index (χ3v) is 4.75. The molecule has 2 aromatic rings. The van der Waals surface area contributed by atoms with Crippen LogP contribution in [0, 0.1) is 0 Å². The Bertz CT molecular complexity index is 924. The van der Waals surface area contributed by atoms with Gasteiger partial charge in [-0.3, -0.25) is 4.79 Å². The third kappa shape index (κ3) is 6.14. The Morgan fingerprint density at radius 1 is 0.968 bits per heavy atom. The van der Waals surface area contributed by atoms with E-state index in [2.05, 4.69) is 10.1 Å². The molecule has 9 heteroatoms. The van der Waals surface area contributed by atoms with Crippen molar-refractivity contribution >= 4 is 17.9 Å². The molecule has 0 saturated carbocycles. The van der Waals surface area contributed by atoms with Crippen molar-refractivity contribution in [1.29, 1.82) is 0 Å². The Kier molecular flexibility index (Phi) is 7.56. The molecule has 0 bridgehead atoms. The average Bonchev–Trinajstić information content (AvgIpc) is 2.72. The fourth-order valence-electron chi connectivity index (χ4n) is 2.99. The normalized spacial score (nSPS) is 12.7. The zero-order valence-electron chi connectivity index (χ0n) is 17.2. The van der Waals surface area contributed by atoms with Crippen LogP contribution in [0.1, 0.15) is 35.3 Å². The number of rotatable bonds is 7. The summed E-state index contributed by atoms with van der Waals surface area (Å²) in [6, 6.07) is 13.8. The van der Waals surface area contributed by atoms with Crippen LogP contribution in [0.3, 0.4) is 0 Å². The molecule has 2 aromatic carbocycles. The lowest BCUT2D eigenvalue weighted by Gasteiger charge is -2.33. The highest BCUT2D eigenvalue weighted by Crippen LogP contribution is 2.29. The largest absolute Gasteiger partial charge is 0.491 e. The van der Waals surface area contributed by atoms with Crippen LogP contribution in [0.2, 0.25) is 0 Å². The highest BCUT2D eigenvalue weighted by atomic mass is 19.4. The molecule has 1 N–H and O–H groups in total. The third-order valence-electron chi connectivity index (χ3n) is 4.75. The molecule has 6 nitrogen and oxygen atoms in total. The zero-order valence-corrected chi connectivity index (χ0v) is 17.2. The van der Waals surface area contributed by atoms with Crippen molar-refractivity contribution in [2.45, 2.75) is 38.1 Å². The first-order valence-electron chi connectivity index (χ1n) is 9.28. The van der Waals surface area contributed by atoms with Gasteiger partial charge in [-0.05, 0) is 30.3 Å². The molecule has 0 aromatic heterocycles. The van der Waals surface area contributed by atoms with E-state index >= 15 is 0 Å². The Hall–Kier alpha value is -3.20. The van der Waals surface area contributed by atoms with Gasteiger partial charge in [0.2, 0.25) is 0 Å². The van der Waals surface area contributed by atoms with Crippen LogP contribution < -0.4 is 5.32 Å². The molecule has 0 saturated heterocycles. The summed E-state index contributed by atoms with van der Waals surface area (Å²) in [6.07, 6.45) is -5.27. The van der Waals surface area contributed by atoms with Crippen LogP contribution in [0.5, 0.6) is 0 Å². The van der Waals surface area contributed by atoms with Gasteiger partial charge in [-0.1, -0.05) is 56.3 Å². The second-order valence-electron chi connectivity index (χ2n) is 7.29. The second-order valence-corrected chi connectivity index (χ2v) is 7.29. The van der Waals surface area contributed by atoms with Gasteiger partial charge in [0.25, 0.3) is 0 Å². The Balaban J connectivity index is 2.10. The molecule has 1 atom stereocenters. The van der Waals surface area contributed by atoms with Gasteiger partial charge >= 0.3 is 24.1 Å². The molecule has 0 aliphatic carbocycles. The molecule has 166 valence electrons. The lowest BCUT2D eigenvalue weighted by Crippen LogP contribution is -2.49. The van der Waals surface area contributed by atoms with E-state index < -0.39 is 35.5 Å². The average molecular weight is 437 g/mol. The number of esters is 3. The molecule has 31 heavy (non-hydrogen) atoms. The summed E-state index contributed by atoms with van der Waals surface area (Å²) in [6.45, 7) is 3.66. The number of carbonyl (C=O) groups excluding carboxylic acids is 3. The summed E-state index contributed by atoms with van der Waals surface area (Å²) >= 11 is 0. The van der Waals surface area contributed by atoms with Gasteiger partial charge in [0.1, 0.15) is 12.6 Å². The zero-order chi connectivity index (χ0) is 23.2. The monoisotopic (exact) mass is 437 g/mol. The maximum absolute atomic E-state index is 12.7. The van der Waals surface area contributed by atoms with Gasteiger partial charge in [0.05, 0.1) is 5.56 Å². The fraction of sp³-hybridized carbons (Fsp3) is 0.318. The van der Waals surface area contributed by atoms with E-state index in [1.165, 1.54) is 24.3 Å². The number of nitrogens with one attached hydrogen (secondary N) is 1. The lowest BCUT2D eigenvalue weighted by molar-refractivity contribution is -0.193. The van der Waals surface area contributed by atoms with Gasteiger partial charge in [-0.2, -0.15) is 13.2 Å². The van der Waals surface area contributed by atoms with Crippen LogP contribution in [-0.4, -0.2) is 37.2 Å². The first kappa shape index (κ1) is 24.1. The van der Waals surface area contributed by atoms with Crippen LogP contribution in [0.15, 0.2) is 54.6 Å². The summed E-state index contributed by atoms with van der Waals surface area (Å²) in [4.78, 5) is 35.2. The Morgan fingerprint density at radius 3 is 2.06 bits per heavy atom. The highest BCUT2D eigenvalue weighted by Gasteiger charge is 2.42. The van der Waals surface area contributed by atoms with Gasteiger partial charge in [-0.15, -0.1) is 0 Å². The Labute approximate surface area is 177 Å². The molecule has 0 spiro atoms. The van der Waals surface area contributed by atoms with E-state index in [1.807, 2.05) is 30.3 Å². The first-order chi connectivity index (χ1) is 14.5. The van der Waals surface area contributed by atoms with Gasteiger partial charge in [0.15, 0.2) is 0 Å². The van der Waals surface area contributed by atoms with Gasteiger partial charge in [0, 0.05) is 5.41 Å². The second kappa shape index (κ2) is 9.74. The van der Waals surface area contributed by atoms with Crippen molar-refractivity contribution in [3.05, 3.63) is 71.3 Å². The smallest absolute Gasteiger partial charge is 0.460 e. The number of likely N-dealkylation sites (N-methyl/N-ethyl adjacent to an activating group) is 1. The standard InChI is InChI=1S/C22H22F3NO5/c1-21(2,17(26-3)19(28)30-13-14-7-5-4-6-8-14)16-11-9-15(10-12-16)18(27)31-20(29)22(23,24)25/h4-12,17,26H,13H2,1-3H3. The highest BCUT2D eigenvalue weighted by molar-refractivity contribution is 5.98. The van der Waals surface area contributed by atoms with Crippen molar-refractivity contribution in [2.75, 3.05) is 7.05 Å². The number of halogens is 3. The molecule has 0 radical (unpaired) electrons. The number of hydrogen-bond donors (Lipinski definition) is 1. The van der Waals surface area contributed by atoms with Crippen molar-refractivity contribution in [3.8, 4) is 0 Å². The predicted octanol–water partition coefficient (Wildman–Crippen LogP) is 3.54. The number of ether oxygens (including phenoxy) is 2. The molecule has 0 heterocycles. The molecule has 0 aliphatic rings. The van der Waals surface area contributed by atoms with Crippen LogP contribution in [-0.2, 0) is 31.1 Å². The van der Waals surface area contributed by atoms with Crippen LogP contribution >= 0.6 is 0 Å². The minimum absolute atomic E-state index is 0.103. The first-order valence-corrected chi connectivity index (χ1v) is 9.28. The lowest BCUT2D eigenvalue weighted by atomic mass is 9.77. The topological polar surface area (TPSA) is 81.7 Å². The van der Waals surface area contributed by atoms with Crippen LogP contribution in [0.4, 0.5) is 13.2 Å². The SMILES string of the molecule is CNC(C(=O)OCc1ccccc1)C(C)(C)c1ccc(C(=O)OC(=O)C(F)(F)F)cc1. The number of carbonyl (C=O) groups is 3. The Morgan fingerprint density at radius 2 is 1.55 bits per heavy atom. The van der Waals surface area contributed by atoms with E-state index in [4.69, 9.17) is 4.74 Å². The van der Waals surface area contributed by atoms with Crippen molar-refractivity contribution < 1.29 is 37.0 Å². The summed E-state index contributed by atoms with van der Waals surface area (Å²) in [5.41, 5.74) is 0.416. The van der Waals surface area contributed by atoms with Crippen molar-refractivity contribution in [3.63, 3.8) is 0 Å². The van der Waals surface area contributed by atoms with Crippen molar-refractivity contribution in [2.24, 2.45) is 0 Å². The molecule has 2 rings (SSSR count).